The predicted octanol–water partition coefficient (Wildman–Crippen LogP) is 9.44. The van der Waals surface area contributed by atoms with Gasteiger partial charge in [0.1, 0.15) is 17.6 Å². The number of hydrogen-bond donors (Lipinski definition) is 2. The lowest BCUT2D eigenvalue weighted by Gasteiger charge is -2.47. The van der Waals surface area contributed by atoms with Crippen LogP contribution in [0.1, 0.15) is 111 Å². The number of aryl methyl sites for hydroxylation is 1. The number of fused-ring (bicyclic) bond motifs is 3. The lowest BCUT2D eigenvalue weighted by atomic mass is 9.59. The number of aliphatic carboxylic acids is 1. The van der Waals surface area contributed by atoms with Crippen LogP contribution in [0.25, 0.3) is 0 Å². The Labute approximate surface area is 331 Å². The van der Waals surface area contributed by atoms with Crippen molar-refractivity contribution in [3.8, 4) is 5.75 Å². The highest BCUT2D eigenvalue weighted by Crippen LogP contribution is 2.56. The summed E-state index contributed by atoms with van der Waals surface area (Å²) in [4.78, 5) is 29.0. The topological polar surface area (TPSA) is 100 Å². The number of carbonyl (C=O) groups is 1. The molecule has 1 saturated carbocycles. The molecule has 2 aromatic heterocycles. The number of halogens is 1. The van der Waals surface area contributed by atoms with Gasteiger partial charge in [-0.15, -0.1) is 0 Å². The molecule has 1 saturated heterocycles. The summed E-state index contributed by atoms with van der Waals surface area (Å²) in [6.07, 6.45) is 17.0. The SMILES string of the molecule is C[C@@H](COc1ccnc2c1[C@H](C)CCC2)C[C@H]1Cc2ccc(CN3CCCC(Cc4ccncn4)C3)cc2C12CCC(Nc1cccc(Cl)c1)(C(=O)O)CC2. The summed E-state index contributed by atoms with van der Waals surface area (Å²) in [5.41, 5.74) is 7.51. The van der Waals surface area contributed by atoms with E-state index in [-0.39, 0.29) is 5.41 Å². The fraction of sp³-hybridized carbons (Fsp3) is 0.522. The number of pyridine rings is 1. The molecule has 8 rings (SSSR count). The van der Waals surface area contributed by atoms with Crippen molar-refractivity contribution in [3.05, 3.63) is 112 Å². The molecule has 9 heteroatoms. The van der Waals surface area contributed by atoms with Gasteiger partial charge in [-0.3, -0.25) is 9.88 Å². The fourth-order valence-corrected chi connectivity index (χ4v) is 10.9. The third-order valence-electron chi connectivity index (χ3n) is 13.5. The van der Waals surface area contributed by atoms with Crippen LogP contribution in [-0.2, 0) is 36.0 Å². The number of anilines is 1. The molecule has 55 heavy (non-hydrogen) atoms. The number of likely N-dealkylation sites (tertiary alicyclic amines) is 1. The molecule has 2 fully saturated rings. The maximum absolute atomic E-state index is 13.1. The zero-order valence-corrected chi connectivity index (χ0v) is 33.2. The minimum Gasteiger partial charge on any atom is -0.493 e. The van der Waals surface area contributed by atoms with E-state index in [1.165, 1.54) is 53.6 Å². The molecule has 8 nitrogen and oxygen atoms in total. The van der Waals surface area contributed by atoms with Crippen LogP contribution < -0.4 is 10.1 Å². The average Bonchev–Trinajstić information content (AvgIpc) is 3.46. The molecule has 290 valence electrons. The Balaban J connectivity index is 1.02. The number of nitrogens with one attached hydrogen (secondary N) is 1. The van der Waals surface area contributed by atoms with Gasteiger partial charge in [0, 0.05) is 53.1 Å². The van der Waals surface area contributed by atoms with Gasteiger partial charge in [0.05, 0.1) is 6.61 Å². The predicted molar refractivity (Wildman–Crippen MR) is 218 cm³/mol. The minimum atomic E-state index is -1.04. The molecule has 2 aromatic carbocycles. The summed E-state index contributed by atoms with van der Waals surface area (Å²) >= 11 is 6.34. The van der Waals surface area contributed by atoms with E-state index in [4.69, 9.17) is 21.3 Å². The number of carboxylic acids is 1. The molecule has 1 unspecified atom stereocenters. The van der Waals surface area contributed by atoms with E-state index < -0.39 is 11.5 Å². The second-order valence-corrected chi connectivity index (χ2v) is 17.8. The molecule has 4 aliphatic rings. The Bertz CT molecular complexity index is 1960. The summed E-state index contributed by atoms with van der Waals surface area (Å²) in [5.74, 6) is 2.03. The van der Waals surface area contributed by atoms with E-state index in [2.05, 4.69) is 58.3 Å². The number of hydrogen-bond acceptors (Lipinski definition) is 7. The van der Waals surface area contributed by atoms with Gasteiger partial charge in [0.25, 0.3) is 0 Å². The van der Waals surface area contributed by atoms with E-state index in [0.717, 1.165) is 75.3 Å². The number of benzene rings is 2. The van der Waals surface area contributed by atoms with E-state index in [1.54, 1.807) is 6.33 Å². The summed E-state index contributed by atoms with van der Waals surface area (Å²) in [6.45, 7) is 8.41. The lowest BCUT2D eigenvalue weighted by molar-refractivity contribution is -0.144. The zero-order chi connectivity index (χ0) is 38.0. The van der Waals surface area contributed by atoms with Crippen molar-refractivity contribution in [1.82, 2.24) is 19.9 Å². The standard InChI is InChI=1S/C46H56ClN5O3/c1-31(29-55-42-14-20-49-41-10-3-6-32(2)43(41)42)22-36-25-35-12-11-34(28-52-21-5-7-33(27-52)23-38-13-19-48-30-50-38)24-40(35)45(36)15-17-46(18-16-45,44(53)54)51-39-9-4-8-37(47)26-39/h4,8-9,11-14,19-20,24,26,30-33,36,51H,3,5-7,10,15-18,21-23,25,27-29H2,1-2H3,(H,53,54)/t31-,32-,33?,36+,45?,46?/m1/s1. The van der Waals surface area contributed by atoms with Crippen LogP contribution in [0.2, 0.25) is 5.02 Å². The molecule has 0 amide bonds. The second-order valence-electron chi connectivity index (χ2n) is 17.3. The van der Waals surface area contributed by atoms with Gasteiger partial charge < -0.3 is 15.2 Å². The summed E-state index contributed by atoms with van der Waals surface area (Å²) < 4.78 is 6.64. The van der Waals surface area contributed by atoms with Crippen molar-refractivity contribution in [2.75, 3.05) is 25.0 Å². The van der Waals surface area contributed by atoms with Gasteiger partial charge in [-0.25, -0.2) is 14.8 Å². The molecule has 4 aromatic rings. The average molecular weight is 762 g/mol. The van der Waals surface area contributed by atoms with Crippen molar-refractivity contribution in [2.24, 2.45) is 17.8 Å². The Morgan fingerprint density at radius 2 is 1.93 bits per heavy atom. The van der Waals surface area contributed by atoms with Gasteiger partial charge in [-0.1, -0.05) is 49.7 Å². The first-order valence-corrected chi connectivity index (χ1v) is 21.0. The Morgan fingerprint density at radius 3 is 2.73 bits per heavy atom. The minimum absolute atomic E-state index is 0.0869. The highest BCUT2D eigenvalue weighted by molar-refractivity contribution is 6.30. The van der Waals surface area contributed by atoms with Crippen molar-refractivity contribution in [2.45, 2.75) is 114 Å². The first-order valence-electron chi connectivity index (χ1n) is 20.7. The maximum atomic E-state index is 13.1. The third kappa shape index (κ3) is 8.13. The Morgan fingerprint density at radius 1 is 1.05 bits per heavy atom. The van der Waals surface area contributed by atoms with Crippen LogP contribution in [0.5, 0.6) is 5.75 Å². The highest BCUT2D eigenvalue weighted by Gasteiger charge is 2.54. The third-order valence-corrected chi connectivity index (χ3v) is 13.7. The van der Waals surface area contributed by atoms with Crippen LogP contribution in [0, 0.1) is 17.8 Å². The monoisotopic (exact) mass is 761 g/mol. The van der Waals surface area contributed by atoms with Crippen LogP contribution in [-0.4, -0.2) is 56.2 Å². The molecule has 1 spiro atoms. The molecule has 0 radical (unpaired) electrons. The van der Waals surface area contributed by atoms with E-state index >= 15 is 0 Å². The largest absolute Gasteiger partial charge is 0.493 e. The van der Waals surface area contributed by atoms with Crippen LogP contribution in [0.4, 0.5) is 5.69 Å². The van der Waals surface area contributed by atoms with Crippen molar-refractivity contribution in [3.63, 3.8) is 0 Å². The normalized spacial score (nSPS) is 26.9. The highest BCUT2D eigenvalue weighted by atomic mass is 35.5. The van der Waals surface area contributed by atoms with Gasteiger partial charge in [-0.05, 0) is 160 Å². The quantitative estimate of drug-likeness (QED) is 0.147. The van der Waals surface area contributed by atoms with E-state index in [1.807, 2.05) is 42.7 Å². The summed E-state index contributed by atoms with van der Waals surface area (Å²) in [5, 5.41) is 14.8. The first kappa shape index (κ1) is 37.9. The number of aromatic nitrogens is 3. The maximum Gasteiger partial charge on any atom is 0.329 e. The smallest absolute Gasteiger partial charge is 0.329 e. The van der Waals surface area contributed by atoms with Gasteiger partial charge in [0.2, 0.25) is 0 Å². The van der Waals surface area contributed by atoms with Gasteiger partial charge in [-0.2, -0.15) is 0 Å². The molecule has 0 bridgehead atoms. The summed E-state index contributed by atoms with van der Waals surface area (Å²) in [7, 11) is 0. The number of piperidine rings is 1. The van der Waals surface area contributed by atoms with Gasteiger partial charge in [0.15, 0.2) is 0 Å². The number of ether oxygens (including phenoxy) is 1. The van der Waals surface area contributed by atoms with Crippen molar-refractivity contribution in [1.29, 1.82) is 0 Å². The number of nitrogens with zero attached hydrogens (tertiary/aromatic N) is 4. The van der Waals surface area contributed by atoms with Crippen molar-refractivity contribution < 1.29 is 14.6 Å². The summed E-state index contributed by atoms with van der Waals surface area (Å²) in [6, 6.07) is 18.8. The molecule has 3 aliphatic carbocycles. The molecule has 2 N–H and O–H groups in total. The lowest BCUT2D eigenvalue weighted by Crippen LogP contribution is -2.53. The molecular formula is C46H56ClN5O3. The molecular weight excluding hydrogens is 706 g/mol. The molecule has 4 atom stereocenters. The number of rotatable bonds is 12. The van der Waals surface area contributed by atoms with E-state index in [0.29, 0.717) is 48.1 Å². The fourth-order valence-electron chi connectivity index (χ4n) is 10.7. The van der Waals surface area contributed by atoms with Crippen LogP contribution in [0.3, 0.4) is 0 Å². The van der Waals surface area contributed by atoms with Crippen molar-refractivity contribution >= 4 is 23.3 Å². The molecule has 3 heterocycles. The number of carboxylic acid groups (broad SMARTS) is 1. The van der Waals surface area contributed by atoms with Crippen LogP contribution in [0.15, 0.2) is 73.3 Å². The first-order chi connectivity index (χ1) is 26.7. The van der Waals surface area contributed by atoms with Gasteiger partial charge >= 0.3 is 5.97 Å². The second kappa shape index (κ2) is 16.2. The molecule has 1 aliphatic heterocycles. The van der Waals surface area contributed by atoms with E-state index in [9.17, 15) is 9.90 Å². The van der Waals surface area contributed by atoms with Crippen LogP contribution >= 0.6 is 11.6 Å². The zero-order valence-electron chi connectivity index (χ0n) is 32.5. The Hall–Kier alpha value is -4.01. The Kier molecular flexibility index (Phi) is 11.2.